The van der Waals surface area contributed by atoms with Gasteiger partial charge in [-0.15, -0.1) is 0 Å². The Balaban J connectivity index is 1.69. The van der Waals surface area contributed by atoms with Gasteiger partial charge < -0.3 is 15.3 Å². The van der Waals surface area contributed by atoms with Crippen LogP contribution in [0.1, 0.15) is 59.4 Å². The molecule has 0 aromatic heterocycles. The van der Waals surface area contributed by atoms with Crippen LogP contribution in [0.3, 0.4) is 0 Å². The molecule has 1 aliphatic heterocycles. The molecule has 3 rings (SSSR count). The summed E-state index contributed by atoms with van der Waals surface area (Å²) in [4.78, 5) is 15.3. The minimum Gasteiger partial charge on any atom is -0.393 e. The normalized spacial score (nSPS) is 18.3. The number of amides is 1. The molecular weight excluding hydrogens is 446 g/mol. The van der Waals surface area contributed by atoms with E-state index in [1.54, 1.807) is 6.08 Å². The lowest BCUT2D eigenvalue weighted by Crippen LogP contribution is -2.32. The first kappa shape index (κ1) is 27.5. The number of aliphatic hydroxyl groups excluding tert-OH is 1. The van der Waals surface area contributed by atoms with E-state index in [0.717, 1.165) is 35.0 Å². The standard InChI is InChI=1S/C31H41N3O2/c1-6-26(23(4)21(2)22(3)24(5)35)20-33-31(36)29(19-32)17-25-10-11-28-18-30(13-12-27(28)16-25)34-14-8-7-9-15-34/h6,10-13,16-18,21-24,35H,7-9,14-15,20H2,1-5H3,(H,33,36)/b26-6-,29-17+. The zero-order chi connectivity index (χ0) is 26.2. The van der Waals surface area contributed by atoms with Crippen molar-refractivity contribution in [1.82, 2.24) is 5.32 Å². The van der Waals surface area contributed by atoms with Gasteiger partial charge in [-0.3, -0.25) is 4.79 Å². The van der Waals surface area contributed by atoms with Crippen LogP contribution in [0, 0.1) is 29.1 Å². The topological polar surface area (TPSA) is 76.4 Å². The van der Waals surface area contributed by atoms with E-state index in [1.165, 1.54) is 24.9 Å². The van der Waals surface area contributed by atoms with E-state index in [9.17, 15) is 15.2 Å². The Morgan fingerprint density at radius 3 is 2.36 bits per heavy atom. The minimum atomic E-state index is -0.387. The van der Waals surface area contributed by atoms with E-state index in [0.29, 0.717) is 6.54 Å². The number of rotatable bonds is 9. The molecule has 1 fully saturated rings. The van der Waals surface area contributed by atoms with Crippen molar-refractivity contribution in [1.29, 1.82) is 5.26 Å². The quantitative estimate of drug-likeness (QED) is 0.255. The van der Waals surface area contributed by atoms with Crippen LogP contribution < -0.4 is 10.2 Å². The van der Waals surface area contributed by atoms with E-state index in [-0.39, 0.29) is 35.3 Å². The van der Waals surface area contributed by atoms with E-state index in [1.807, 2.05) is 39.0 Å². The summed E-state index contributed by atoms with van der Waals surface area (Å²) < 4.78 is 0. The maximum atomic E-state index is 12.8. The maximum absolute atomic E-state index is 12.8. The number of hydrogen-bond donors (Lipinski definition) is 2. The van der Waals surface area contributed by atoms with Crippen LogP contribution >= 0.6 is 0 Å². The van der Waals surface area contributed by atoms with Gasteiger partial charge in [-0.05, 0) is 91.5 Å². The fourth-order valence-corrected chi connectivity index (χ4v) is 5.04. The van der Waals surface area contributed by atoms with Gasteiger partial charge in [0.1, 0.15) is 11.6 Å². The fraction of sp³-hybridized carbons (Fsp3) is 0.484. The predicted molar refractivity (Wildman–Crippen MR) is 150 cm³/mol. The molecule has 2 aromatic rings. The molecule has 0 spiro atoms. The first-order valence-corrected chi connectivity index (χ1v) is 13.3. The third kappa shape index (κ3) is 6.77. The van der Waals surface area contributed by atoms with Gasteiger partial charge in [0.05, 0.1) is 6.10 Å². The smallest absolute Gasteiger partial charge is 0.262 e. The molecule has 1 heterocycles. The van der Waals surface area contributed by atoms with Crippen molar-refractivity contribution in [3.05, 3.63) is 59.2 Å². The monoisotopic (exact) mass is 487 g/mol. The lowest BCUT2D eigenvalue weighted by Gasteiger charge is -2.30. The molecule has 5 nitrogen and oxygen atoms in total. The van der Waals surface area contributed by atoms with Crippen LogP contribution in [0.4, 0.5) is 5.69 Å². The Labute approximate surface area is 216 Å². The molecule has 1 saturated heterocycles. The second-order valence-electron chi connectivity index (χ2n) is 10.3. The second-order valence-corrected chi connectivity index (χ2v) is 10.3. The van der Waals surface area contributed by atoms with Gasteiger partial charge in [0.2, 0.25) is 0 Å². The molecule has 5 heteroatoms. The van der Waals surface area contributed by atoms with Crippen molar-refractivity contribution < 1.29 is 9.90 Å². The molecule has 0 aliphatic carbocycles. The molecule has 0 saturated carbocycles. The largest absolute Gasteiger partial charge is 0.393 e. The van der Waals surface area contributed by atoms with Crippen molar-refractivity contribution in [2.24, 2.45) is 17.8 Å². The number of carbonyl (C=O) groups is 1. The summed E-state index contributed by atoms with van der Waals surface area (Å²) >= 11 is 0. The number of allylic oxidation sites excluding steroid dienone is 1. The SMILES string of the molecule is C/C=C(/CNC(=O)/C(C#N)=C/c1ccc2cc(N3CCCCC3)ccc2c1)C(C)C(C)C(C)C(C)O. The summed E-state index contributed by atoms with van der Waals surface area (Å²) in [6.45, 7) is 12.7. The average molecular weight is 488 g/mol. The van der Waals surface area contributed by atoms with E-state index in [2.05, 4.69) is 54.4 Å². The molecule has 192 valence electrons. The molecule has 4 atom stereocenters. The van der Waals surface area contributed by atoms with Gasteiger partial charge in [0.15, 0.2) is 0 Å². The van der Waals surface area contributed by atoms with Crippen molar-refractivity contribution >= 4 is 28.4 Å². The molecule has 1 aliphatic rings. The van der Waals surface area contributed by atoms with Crippen LogP contribution in [0.15, 0.2) is 53.6 Å². The third-order valence-electron chi connectivity index (χ3n) is 8.03. The van der Waals surface area contributed by atoms with Crippen LogP contribution in [-0.2, 0) is 4.79 Å². The van der Waals surface area contributed by atoms with Crippen molar-refractivity contribution in [3.8, 4) is 6.07 Å². The first-order chi connectivity index (χ1) is 17.2. The van der Waals surface area contributed by atoms with Crippen molar-refractivity contribution in [3.63, 3.8) is 0 Å². The van der Waals surface area contributed by atoms with Gasteiger partial charge in [-0.25, -0.2) is 0 Å². The predicted octanol–water partition coefficient (Wildman–Crippen LogP) is 6.09. The molecule has 0 radical (unpaired) electrons. The average Bonchev–Trinajstić information content (AvgIpc) is 2.90. The molecule has 4 unspecified atom stereocenters. The number of anilines is 1. The number of nitrogens with zero attached hydrogens (tertiary/aromatic N) is 2. The summed E-state index contributed by atoms with van der Waals surface area (Å²) in [6.07, 6.45) is 7.09. The first-order valence-electron chi connectivity index (χ1n) is 13.3. The number of aliphatic hydroxyl groups is 1. The van der Waals surface area contributed by atoms with E-state index >= 15 is 0 Å². The number of piperidine rings is 1. The second kappa shape index (κ2) is 12.7. The Kier molecular flexibility index (Phi) is 9.73. The highest BCUT2D eigenvalue weighted by atomic mass is 16.3. The van der Waals surface area contributed by atoms with Crippen molar-refractivity contribution in [2.45, 2.75) is 60.0 Å². The van der Waals surface area contributed by atoms with Gasteiger partial charge in [0, 0.05) is 25.3 Å². The summed E-state index contributed by atoms with van der Waals surface area (Å²) in [7, 11) is 0. The number of nitriles is 1. The zero-order valence-electron chi connectivity index (χ0n) is 22.4. The number of fused-ring (bicyclic) bond motifs is 1. The molecular formula is C31H41N3O2. The minimum absolute atomic E-state index is 0.0905. The molecule has 2 N–H and O–H groups in total. The van der Waals surface area contributed by atoms with E-state index < -0.39 is 0 Å². The van der Waals surface area contributed by atoms with Gasteiger partial charge >= 0.3 is 0 Å². The highest BCUT2D eigenvalue weighted by Crippen LogP contribution is 2.29. The Morgan fingerprint density at radius 1 is 1.06 bits per heavy atom. The van der Waals surface area contributed by atoms with Gasteiger partial charge in [-0.1, -0.05) is 50.6 Å². The summed E-state index contributed by atoms with van der Waals surface area (Å²) in [5, 5.41) is 24.8. The highest BCUT2D eigenvalue weighted by molar-refractivity contribution is 6.02. The molecule has 36 heavy (non-hydrogen) atoms. The Bertz CT molecular complexity index is 1150. The number of hydrogen-bond acceptors (Lipinski definition) is 4. The summed E-state index contributed by atoms with van der Waals surface area (Å²) in [5.74, 6) is 0.224. The summed E-state index contributed by atoms with van der Waals surface area (Å²) in [6, 6.07) is 14.6. The lowest BCUT2D eigenvalue weighted by atomic mass is 9.78. The fourth-order valence-electron chi connectivity index (χ4n) is 5.04. The van der Waals surface area contributed by atoms with Crippen LogP contribution in [0.5, 0.6) is 0 Å². The number of nitrogens with one attached hydrogen (secondary N) is 1. The number of carbonyl (C=O) groups excluding carboxylic acids is 1. The summed E-state index contributed by atoms with van der Waals surface area (Å²) in [5.41, 5.74) is 3.27. The van der Waals surface area contributed by atoms with Gasteiger partial charge in [-0.2, -0.15) is 5.26 Å². The lowest BCUT2D eigenvalue weighted by molar-refractivity contribution is -0.116. The Morgan fingerprint density at radius 2 is 1.72 bits per heavy atom. The van der Waals surface area contributed by atoms with E-state index in [4.69, 9.17) is 0 Å². The molecule has 0 bridgehead atoms. The van der Waals surface area contributed by atoms with Crippen LogP contribution in [0.25, 0.3) is 16.8 Å². The van der Waals surface area contributed by atoms with Gasteiger partial charge in [0.25, 0.3) is 5.91 Å². The zero-order valence-corrected chi connectivity index (χ0v) is 22.4. The molecule has 2 aromatic carbocycles. The third-order valence-corrected chi connectivity index (χ3v) is 8.03. The van der Waals surface area contributed by atoms with Crippen molar-refractivity contribution in [2.75, 3.05) is 24.5 Å². The van der Waals surface area contributed by atoms with Crippen LogP contribution in [-0.4, -0.2) is 36.8 Å². The maximum Gasteiger partial charge on any atom is 0.262 e. The highest BCUT2D eigenvalue weighted by Gasteiger charge is 2.25. The molecule has 1 amide bonds. The Hall–Kier alpha value is -3.10. The number of benzene rings is 2. The van der Waals surface area contributed by atoms with Crippen LogP contribution in [0.2, 0.25) is 0 Å².